The Bertz CT molecular complexity index is 1100. The number of para-hydroxylation sites is 1. The molecule has 10 nitrogen and oxygen atoms in total. The minimum atomic E-state index is -2.47. The van der Waals surface area contributed by atoms with Crippen molar-refractivity contribution in [1.29, 1.82) is 0 Å². The van der Waals surface area contributed by atoms with Crippen LogP contribution in [-0.4, -0.2) is 42.1 Å². The molecule has 1 aromatic heterocycles. The number of nitro benzene ring substituents is 1. The molecule has 0 atom stereocenters. The molecule has 2 N–H and O–H groups in total. The first-order valence-electron chi connectivity index (χ1n) is 9.29. The molecule has 0 bridgehead atoms. The van der Waals surface area contributed by atoms with Crippen molar-refractivity contribution in [3.8, 4) is 0 Å². The molecule has 0 aliphatic heterocycles. The van der Waals surface area contributed by atoms with E-state index in [9.17, 15) is 29.9 Å². The quantitative estimate of drug-likeness (QED) is 0.326. The molecular formula is C20H20N4O6. The molecule has 3 rings (SSSR count). The fraction of sp³-hybridized carbons (Fsp3) is 0.300. The summed E-state index contributed by atoms with van der Waals surface area (Å²) in [6, 6.07) is 11.4. The number of hydrogen-bond acceptors (Lipinski definition) is 6. The Morgan fingerprint density at radius 1 is 1.03 bits per heavy atom. The summed E-state index contributed by atoms with van der Waals surface area (Å²) in [7, 11) is 0. The van der Waals surface area contributed by atoms with E-state index in [2.05, 4.69) is 10.3 Å². The van der Waals surface area contributed by atoms with Crippen molar-refractivity contribution in [2.75, 3.05) is 0 Å². The maximum Gasteiger partial charge on any atom is 0.328 e. The fourth-order valence-corrected chi connectivity index (χ4v) is 4.26. The van der Waals surface area contributed by atoms with Crippen molar-refractivity contribution in [2.24, 2.45) is 0 Å². The number of rotatable bonds is 8. The van der Waals surface area contributed by atoms with E-state index in [1.165, 1.54) is 16.8 Å². The highest BCUT2D eigenvalue weighted by atomic mass is 16.6. The van der Waals surface area contributed by atoms with Gasteiger partial charge < -0.3 is 10.2 Å². The molecule has 2 aromatic carbocycles. The number of nitrogens with zero attached hydrogens (tertiary/aromatic N) is 4. The van der Waals surface area contributed by atoms with E-state index >= 15 is 0 Å². The summed E-state index contributed by atoms with van der Waals surface area (Å²) in [5, 5.41) is 39.9. The van der Waals surface area contributed by atoms with Crippen molar-refractivity contribution in [3.63, 3.8) is 0 Å². The average molecular weight is 412 g/mol. The van der Waals surface area contributed by atoms with Crippen LogP contribution in [0.1, 0.15) is 32.3 Å². The summed E-state index contributed by atoms with van der Waals surface area (Å²) in [5.74, 6) is -3.18. The lowest BCUT2D eigenvalue weighted by atomic mass is 9.62. The molecule has 0 amide bonds. The normalized spacial score (nSPS) is 12.1. The third-order valence-corrected chi connectivity index (χ3v) is 5.78. The predicted molar refractivity (Wildman–Crippen MR) is 106 cm³/mol. The predicted octanol–water partition coefficient (Wildman–Crippen LogP) is 2.96. The zero-order valence-electron chi connectivity index (χ0n) is 16.3. The maximum atomic E-state index is 12.7. The number of carboxylic acids is 2. The summed E-state index contributed by atoms with van der Waals surface area (Å²) in [6.07, 6.45) is 0.207. The number of aliphatic carboxylic acids is 2. The van der Waals surface area contributed by atoms with Gasteiger partial charge >= 0.3 is 11.9 Å². The number of benzene rings is 2. The molecule has 0 saturated carbocycles. The summed E-state index contributed by atoms with van der Waals surface area (Å²) in [4.78, 5) is 35.8. The third-order valence-electron chi connectivity index (χ3n) is 5.78. The highest BCUT2D eigenvalue weighted by molar-refractivity contribution is 6.06. The highest BCUT2D eigenvalue weighted by Gasteiger charge is 2.64. The van der Waals surface area contributed by atoms with Gasteiger partial charge in [0.25, 0.3) is 5.69 Å². The SMILES string of the molecule is CCC(CC)(n1nnc2ccccc21)C(C(=O)O)(C(=O)O)c1ccc([N+](=O)[O-])cc1. The van der Waals surface area contributed by atoms with Gasteiger partial charge in [-0.2, -0.15) is 0 Å². The van der Waals surface area contributed by atoms with Gasteiger partial charge in [0, 0.05) is 12.1 Å². The number of carbonyl (C=O) groups is 2. The summed E-state index contributed by atoms with van der Waals surface area (Å²) in [5.41, 5.74) is -3.38. The fourth-order valence-electron chi connectivity index (χ4n) is 4.26. The van der Waals surface area contributed by atoms with Gasteiger partial charge in [0.05, 0.1) is 16.0 Å². The van der Waals surface area contributed by atoms with E-state index in [-0.39, 0.29) is 24.1 Å². The second-order valence-corrected chi connectivity index (χ2v) is 6.89. The number of nitro groups is 1. The van der Waals surface area contributed by atoms with Crippen LogP contribution >= 0.6 is 0 Å². The van der Waals surface area contributed by atoms with Crippen LogP contribution in [0.3, 0.4) is 0 Å². The van der Waals surface area contributed by atoms with Gasteiger partial charge in [-0.3, -0.25) is 19.7 Å². The van der Waals surface area contributed by atoms with Crippen molar-refractivity contribution in [1.82, 2.24) is 15.0 Å². The van der Waals surface area contributed by atoms with Gasteiger partial charge in [0.15, 0.2) is 0 Å². The van der Waals surface area contributed by atoms with E-state index in [4.69, 9.17) is 0 Å². The van der Waals surface area contributed by atoms with E-state index in [0.717, 1.165) is 12.1 Å². The first kappa shape index (κ1) is 20.9. The van der Waals surface area contributed by atoms with Gasteiger partial charge in [0.1, 0.15) is 5.52 Å². The maximum absolute atomic E-state index is 12.7. The molecule has 156 valence electrons. The number of hydrogen-bond donors (Lipinski definition) is 2. The molecule has 0 fully saturated rings. The number of non-ortho nitro benzene ring substituents is 1. The van der Waals surface area contributed by atoms with Gasteiger partial charge in [-0.15, -0.1) is 5.10 Å². The van der Waals surface area contributed by atoms with Crippen molar-refractivity contribution in [3.05, 3.63) is 64.2 Å². The van der Waals surface area contributed by atoms with E-state index < -0.39 is 27.8 Å². The van der Waals surface area contributed by atoms with Gasteiger partial charge in [-0.05, 0) is 30.5 Å². The minimum absolute atomic E-state index is 0.0867. The Balaban J connectivity index is 2.41. The lowest BCUT2D eigenvalue weighted by molar-refractivity contribution is -0.384. The van der Waals surface area contributed by atoms with Crippen molar-refractivity contribution < 1.29 is 24.7 Å². The van der Waals surface area contributed by atoms with Crippen LogP contribution < -0.4 is 0 Å². The van der Waals surface area contributed by atoms with Crippen LogP contribution in [0.5, 0.6) is 0 Å². The Hall–Kier alpha value is -3.82. The molecule has 0 radical (unpaired) electrons. The number of carboxylic acid groups (broad SMARTS) is 2. The van der Waals surface area contributed by atoms with Crippen LogP contribution in [0.25, 0.3) is 11.0 Å². The summed E-state index contributed by atoms with van der Waals surface area (Å²) >= 11 is 0. The van der Waals surface area contributed by atoms with Crippen molar-refractivity contribution >= 4 is 28.7 Å². The lowest BCUT2D eigenvalue weighted by Crippen LogP contribution is -2.62. The second-order valence-electron chi connectivity index (χ2n) is 6.89. The van der Waals surface area contributed by atoms with Gasteiger partial charge in [-0.1, -0.05) is 43.3 Å². The average Bonchev–Trinajstić information content (AvgIpc) is 3.16. The van der Waals surface area contributed by atoms with Crippen LogP contribution in [0, 0.1) is 10.1 Å². The largest absolute Gasteiger partial charge is 0.480 e. The standard InChI is InChI=1S/C20H20N4O6/c1-3-19(4-2,23-16-8-6-5-7-15(16)21-22-23)20(17(25)26,18(27)28)13-9-11-14(12-10-13)24(29)30/h5-12H,3-4H2,1-2H3,(H,25,26)(H,27,28). The van der Waals surface area contributed by atoms with Crippen LogP contribution in [0.4, 0.5) is 5.69 Å². The molecule has 1 heterocycles. The molecular weight excluding hydrogens is 392 g/mol. The smallest absolute Gasteiger partial charge is 0.328 e. The van der Waals surface area contributed by atoms with Crippen molar-refractivity contribution in [2.45, 2.75) is 37.6 Å². The van der Waals surface area contributed by atoms with E-state index in [1.54, 1.807) is 38.1 Å². The molecule has 0 spiro atoms. The topological polar surface area (TPSA) is 148 Å². The molecule has 10 heteroatoms. The van der Waals surface area contributed by atoms with Crippen LogP contribution in [0.15, 0.2) is 48.5 Å². The van der Waals surface area contributed by atoms with Crippen LogP contribution in [0.2, 0.25) is 0 Å². The Labute approximate surface area is 170 Å². The van der Waals surface area contributed by atoms with Gasteiger partial charge in [0.2, 0.25) is 5.41 Å². The molecule has 3 aromatic rings. The molecule has 0 saturated heterocycles. The highest BCUT2D eigenvalue weighted by Crippen LogP contribution is 2.47. The number of fused-ring (bicyclic) bond motifs is 1. The summed E-state index contributed by atoms with van der Waals surface area (Å²) in [6.45, 7) is 3.37. The first-order chi connectivity index (χ1) is 14.3. The zero-order chi connectivity index (χ0) is 22.1. The van der Waals surface area contributed by atoms with Gasteiger partial charge in [-0.25, -0.2) is 4.68 Å². The molecule has 0 unspecified atom stereocenters. The zero-order valence-corrected chi connectivity index (χ0v) is 16.3. The number of aromatic nitrogens is 3. The summed E-state index contributed by atoms with van der Waals surface area (Å²) < 4.78 is 1.37. The first-order valence-corrected chi connectivity index (χ1v) is 9.29. The molecule has 0 aliphatic carbocycles. The second kappa shape index (κ2) is 7.54. The molecule has 0 aliphatic rings. The van der Waals surface area contributed by atoms with E-state index in [0.29, 0.717) is 11.0 Å². The lowest BCUT2D eigenvalue weighted by Gasteiger charge is -2.44. The Morgan fingerprint density at radius 3 is 2.10 bits per heavy atom. The minimum Gasteiger partial charge on any atom is -0.480 e. The van der Waals surface area contributed by atoms with E-state index in [1.807, 2.05) is 0 Å². The monoisotopic (exact) mass is 412 g/mol. The third kappa shape index (κ3) is 2.71. The Morgan fingerprint density at radius 2 is 1.60 bits per heavy atom. The Kier molecular flexibility index (Phi) is 5.26. The van der Waals surface area contributed by atoms with Crippen LogP contribution in [-0.2, 0) is 20.5 Å². The molecule has 30 heavy (non-hydrogen) atoms.